The second kappa shape index (κ2) is 7.39. The molecule has 3 heterocycles. The number of hydrogen-bond acceptors (Lipinski definition) is 6. The van der Waals surface area contributed by atoms with E-state index in [1.807, 2.05) is 13.0 Å². The third-order valence-electron chi connectivity index (χ3n) is 4.48. The summed E-state index contributed by atoms with van der Waals surface area (Å²) in [6.07, 6.45) is 4.38. The smallest absolute Gasteiger partial charge is 0.275 e. The third kappa shape index (κ3) is 3.68. The fourth-order valence-electron chi connectivity index (χ4n) is 3.06. The van der Waals surface area contributed by atoms with Crippen LogP contribution in [0, 0.1) is 6.92 Å². The molecule has 7 heteroatoms. The van der Waals surface area contributed by atoms with Gasteiger partial charge in [-0.1, -0.05) is 53.8 Å². The van der Waals surface area contributed by atoms with Crippen molar-refractivity contribution in [1.82, 2.24) is 19.5 Å². The summed E-state index contributed by atoms with van der Waals surface area (Å²) < 4.78 is 1.40. The van der Waals surface area contributed by atoms with Crippen LogP contribution in [0.15, 0.2) is 47.3 Å². The number of rotatable bonds is 4. The van der Waals surface area contributed by atoms with Gasteiger partial charge in [0, 0.05) is 44.5 Å². The molecule has 0 unspecified atom stereocenters. The lowest BCUT2D eigenvalue weighted by Gasteiger charge is -2.33. The van der Waals surface area contributed by atoms with Crippen LogP contribution in [-0.2, 0) is 0 Å². The van der Waals surface area contributed by atoms with E-state index in [0.717, 1.165) is 43.5 Å². The fraction of sp³-hybridized carbons (Fsp3) is 0.316. The quantitative estimate of drug-likeness (QED) is 0.708. The number of aromatic nitrogens is 3. The van der Waals surface area contributed by atoms with Crippen LogP contribution in [0.5, 0.6) is 0 Å². The highest BCUT2D eigenvalue weighted by atomic mass is 32.1. The van der Waals surface area contributed by atoms with Gasteiger partial charge in [0.25, 0.3) is 5.56 Å². The molecule has 1 saturated heterocycles. The fourth-order valence-corrected chi connectivity index (χ4v) is 4.07. The molecule has 0 spiro atoms. The molecule has 26 heavy (non-hydrogen) atoms. The van der Waals surface area contributed by atoms with E-state index in [1.165, 1.54) is 27.5 Å². The van der Waals surface area contributed by atoms with Gasteiger partial charge in [-0.2, -0.15) is 4.52 Å². The van der Waals surface area contributed by atoms with Crippen molar-refractivity contribution >= 4 is 27.5 Å². The first kappa shape index (κ1) is 16.9. The van der Waals surface area contributed by atoms with Crippen LogP contribution in [-0.4, -0.2) is 52.2 Å². The summed E-state index contributed by atoms with van der Waals surface area (Å²) in [6.45, 7) is 6.57. The molecule has 0 bridgehead atoms. The Bertz CT molecular complexity index is 971. The van der Waals surface area contributed by atoms with Crippen molar-refractivity contribution in [3.63, 3.8) is 0 Å². The summed E-state index contributed by atoms with van der Waals surface area (Å²) in [7, 11) is 0. The Balaban J connectivity index is 1.37. The van der Waals surface area contributed by atoms with Crippen LogP contribution in [0.4, 0.5) is 5.13 Å². The van der Waals surface area contributed by atoms with E-state index in [9.17, 15) is 4.79 Å². The Morgan fingerprint density at radius 3 is 2.69 bits per heavy atom. The predicted octanol–water partition coefficient (Wildman–Crippen LogP) is 2.29. The molecule has 0 saturated carbocycles. The molecule has 1 fully saturated rings. The van der Waals surface area contributed by atoms with Crippen molar-refractivity contribution in [1.29, 1.82) is 0 Å². The van der Waals surface area contributed by atoms with Gasteiger partial charge < -0.3 is 4.90 Å². The second-order valence-electron chi connectivity index (χ2n) is 6.42. The Labute approximate surface area is 156 Å². The number of hydrogen-bond donors (Lipinski definition) is 0. The zero-order valence-electron chi connectivity index (χ0n) is 14.7. The molecule has 2 aromatic heterocycles. The highest BCUT2D eigenvalue weighted by Gasteiger charge is 2.20. The number of benzene rings is 1. The molecular formula is C19H21N5OS. The molecule has 1 aliphatic rings. The van der Waals surface area contributed by atoms with Crippen LogP contribution < -0.4 is 10.5 Å². The topological polar surface area (TPSA) is 53.7 Å². The normalized spacial score (nSPS) is 16.0. The Morgan fingerprint density at radius 1 is 1.15 bits per heavy atom. The van der Waals surface area contributed by atoms with Gasteiger partial charge in [0.05, 0.1) is 0 Å². The molecule has 0 N–H and O–H groups in total. The maximum absolute atomic E-state index is 12.0. The van der Waals surface area contributed by atoms with Crippen molar-refractivity contribution in [2.24, 2.45) is 0 Å². The zero-order chi connectivity index (χ0) is 17.9. The highest BCUT2D eigenvalue weighted by molar-refractivity contribution is 7.20. The van der Waals surface area contributed by atoms with Crippen molar-refractivity contribution < 1.29 is 0 Å². The average Bonchev–Trinajstić information content (AvgIpc) is 3.07. The van der Waals surface area contributed by atoms with Crippen LogP contribution in [0.25, 0.3) is 11.0 Å². The van der Waals surface area contributed by atoms with Crippen LogP contribution in [0.2, 0.25) is 0 Å². The van der Waals surface area contributed by atoms with Gasteiger partial charge in [-0.3, -0.25) is 9.69 Å². The van der Waals surface area contributed by atoms with Crippen LogP contribution in [0.1, 0.15) is 11.3 Å². The molecule has 0 aliphatic carbocycles. The molecule has 0 amide bonds. The minimum atomic E-state index is -0.111. The molecular weight excluding hydrogens is 346 g/mol. The van der Waals surface area contributed by atoms with Crippen LogP contribution >= 0.6 is 11.3 Å². The third-order valence-corrected chi connectivity index (χ3v) is 5.45. The number of anilines is 1. The Hall–Kier alpha value is -2.51. The summed E-state index contributed by atoms with van der Waals surface area (Å²) in [6, 6.07) is 11.9. The molecule has 3 aromatic rings. The van der Waals surface area contributed by atoms with E-state index < -0.39 is 0 Å². The van der Waals surface area contributed by atoms with Gasteiger partial charge in [0.1, 0.15) is 0 Å². The first-order valence-electron chi connectivity index (χ1n) is 8.75. The molecule has 4 rings (SSSR count). The maximum Gasteiger partial charge on any atom is 0.275 e. The van der Waals surface area contributed by atoms with E-state index in [4.69, 9.17) is 0 Å². The van der Waals surface area contributed by atoms with Crippen molar-refractivity contribution in [3.05, 3.63) is 64.1 Å². The lowest BCUT2D eigenvalue weighted by atomic mass is 10.2. The summed E-state index contributed by atoms with van der Waals surface area (Å²) in [5, 5.41) is 5.33. The largest absolute Gasteiger partial charge is 0.344 e. The standard InChI is InChI=1S/C19H21N5OS/c1-15-14-17(25)24-18(20-15)26-19(21-24)23-12-10-22(11-13-23)9-5-8-16-6-3-2-4-7-16/h2-8,14H,9-13H2,1H3/b8-5+. The first-order chi connectivity index (χ1) is 12.7. The highest BCUT2D eigenvalue weighted by Crippen LogP contribution is 2.22. The molecule has 1 aromatic carbocycles. The Morgan fingerprint density at radius 2 is 1.92 bits per heavy atom. The minimum Gasteiger partial charge on any atom is -0.344 e. The molecule has 6 nitrogen and oxygen atoms in total. The molecule has 0 radical (unpaired) electrons. The van der Waals surface area contributed by atoms with E-state index in [0.29, 0.717) is 4.96 Å². The number of aryl methyl sites for hydroxylation is 1. The number of fused-ring (bicyclic) bond motifs is 1. The van der Waals surface area contributed by atoms with E-state index in [2.05, 4.69) is 56.3 Å². The monoisotopic (exact) mass is 367 g/mol. The summed E-state index contributed by atoms with van der Waals surface area (Å²) in [5.74, 6) is 0. The maximum atomic E-state index is 12.0. The Kier molecular flexibility index (Phi) is 4.81. The average molecular weight is 367 g/mol. The van der Waals surface area contributed by atoms with Gasteiger partial charge in [-0.05, 0) is 12.5 Å². The number of piperazine rings is 1. The van der Waals surface area contributed by atoms with Gasteiger partial charge >= 0.3 is 0 Å². The van der Waals surface area contributed by atoms with Gasteiger partial charge in [0.2, 0.25) is 10.1 Å². The lowest BCUT2D eigenvalue weighted by molar-refractivity contribution is 0.284. The van der Waals surface area contributed by atoms with Gasteiger partial charge in [-0.15, -0.1) is 5.10 Å². The SMILES string of the molecule is Cc1cc(=O)n2nc(N3CCN(C/C=C/c4ccccc4)CC3)sc2n1. The summed E-state index contributed by atoms with van der Waals surface area (Å²) in [5.41, 5.74) is 1.86. The van der Waals surface area contributed by atoms with Crippen molar-refractivity contribution in [3.8, 4) is 0 Å². The molecule has 1 aliphatic heterocycles. The number of nitrogens with zero attached hydrogens (tertiary/aromatic N) is 5. The molecule has 134 valence electrons. The van der Waals surface area contributed by atoms with Gasteiger partial charge in [0.15, 0.2) is 0 Å². The zero-order valence-corrected chi connectivity index (χ0v) is 15.5. The second-order valence-corrected chi connectivity index (χ2v) is 7.35. The van der Waals surface area contributed by atoms with Crippen LogP contribution in [0.3, 0.4) is 0 Å². The van der Waals surface area contributed by atoms with Crippen molar-refractivity contribution in [2.45, 2.75) is 6.92 Å². The summed E-state index contributed by atoms with van der Waals surface area (Å²) >= 11 is 1.48. The van der Waals surface area contributed by atoms with E-state index in [-0.39, 0.29) is 5.56 Å². The van der Waals surface area contributed by atoms with Gasteiger partial charge in [-0.25, -0.2) is 4.98 Å². The molecule has 0 atom stereocenters. The van der Waals surface area contributed by atoms with E-state index in [1.54, 1.807) is 0 Å². The predicted molar refractivity (Wildman–Crippen MR) is 106 cm³/mol. The summed E-state index contributed by atoms with van der Waals surface area (Å²) in [4.78, 5) is 21.8. The minimum absolute atomic E-state index is 0.111. The first-order valence-corrected chi connectivity index (χ1v) is 9.57. The lowest BCUT2D eigenvalue weighted by Crippen LogP contribution is -2.46. The van der Waals surface area contributed by atoms with E-state index >= 15 is 0 Å². The van der Waals surface area contributed by atoms with Crippen molar-refractivity contribution in [2.75, 3.05) is 37.6 Å².